The fraction of sp³-hybridized carbons (Fsp3) is 0.132. The molecule has 0 atom stereocenters. The monoisotopic (exact) mass is 695 g/mol. The Morgan fingerprint density at radius 1 is 0.444 bits per heavy atom. The highest BCUT2D eigenvalue weighted by molar-refractivity contribution is 5.85. The molecule has 2 aliphatic carbocycles. The van der Waals surface area contributed by atoms with Crippen LogP contribution in [0, 0.1) is 13.8 Å². The van der Waals surface area contributed by atoms with E-state index in [2.05, 4.69) is 209 Å². The van der Waals surface area contributed by atoms with E-state index in [1.165, 1.54) is 77.9 Å². The first-order chi connectivity index (χ1) is 26.3. The minimum Gasteiger partial charge on any atom is -0.311 e. The van der Waals surface area contributed by atoms with Gasteiger partial charge in [0, 0.05) is 22.5 Å². The van der Waals surface area contributed by atoms with Crippen LogP contribution in [-0.4, -0.2) is 0 Å². The molecular formula is C53H45N. The molecule has 7 aromatic rings. The van der Waals surface area contributed by atoms with Crippen molar-refractivity contribution in [1.82, 2.24) is 0 Å². The van der Waals surface area contributed by atoms with E-state index in [0.717, 1.165) is 29.9 Å². The average molecular weight is 696 g/mol. The molecule has 9 rings (SSSR count). The first-order valence-corrected chi connectivity index (χ1v) is 19.2. The van der Waals surface area contributed by atoms with E-state index >= 15 is 0 Å². The van der Waals surface area contributed by atoms with E-state index in [0.29, 0.717) is 0 Å². The number of hydrogen-bond acceptors (Lipinski definition) is 1. The summed E-state index contributed by atoms with van der Waals surface area (Å²) in [5.41, 5.74) is 21.6. The van der Waals surface area contributed by atoms with Gasteiger partial charge in [-0.25, -0.2) is 0 Å². The van der Waals surface area contributed by atoms with Crippen LogP contribution in [0.5, 0.6) is 0 Å². The lowest BCUT2D eigenvalue weighted by atomic mass is 9.81. The van der Waals surface area contributed by atoms with Crippen molar-refractivity contribution in [2.24, 2.45) is 0 Å². The normalized spacial score (nSPS) is 14.0. The molecule has 0 saturated carbocycles. The summed E-state index contributed by atoms with van der Waals surface area (Å²) in [5, 5.41) is 0. The number of nitrogens with zero attached hydrogens (tertiary/aromatic N) is 1. The lowest BCUT2D eigenvalue weighted by molar-refractivity contribution is 0.660. The predicted octanol–water partition coefficient (Wildman–Crippen LogP) is 14.8. The van der Waals surface area contributed by atoms with Crippen LogP contribution in [0.15, 0.2) is 176 Å². The van der Waals surface area contributed by atoms with Gasteiger partial charge in [0.25, 0.3) is 0 Å². The number of benzene rings is 7. The van der Waals surface area contributed by atoms with Crippen molar-refractivity contribution in [3.8, 4) is 44.5 Å². The van der Waals surface area contributed by atoms with Crippen molar-refractivity contribution >= 4 is 22.6 Å². The number of aryl methyl sites for hydroxylation is 2. The first kappa shape index (κ1) is 33.6. The van der Waals surface area contributed by atoms with Crippen molar-refractivity contribution in [3.63, 3.8) is 0 Å². The van der Waals surface area contributed by atoms with Crippen LogP contribution >= 0.6 is 0 Å². The Hall–Kier alpha value is -6.18. The summed E-state index contributed by atoms with van der Waals surface area (Å²) in [6.07, 6.45) is 8.86. The van der Waals surface area contributed by atoms with Gasteiger partial charge in [-0.05, 0) is 153 Å². The van der Waals surface area contributed by atoms with Gasteiger partial charge in [0.05, 0.1) is 0 Å². The van der Waals surface area contributed by atoms with Crippen molar-refractivity contribution < 1.29 is 0 Å². The number of allylic oxidation sites excluding steroid dienone is 4. The maximum atomic E-state index is 2.41. The molecule has 0 aromatic heterocycles. The molecule has 1 heteroatoms. The Morgan fingerprint density at radius 3 is 1.59 bits per heavy atom. The molecule has 0 unspecified atom stereocenters. The van der Waals surface area contributed by atoms with Crippen LogP contribution < -0.4 is 4.90 Å². The summed E-state index contributed by atoms with van der Waals surface area (Å²) in [5.74, 6) is 0. The Morgan fingerprint density at radius 2 is 0.963 bits per heavy atom. The summed E-state index contributed by atoms with van der Waals surface area (Å²) in [4.78, 5) is 2.38. The van der Waals surface area contributed by atoms with E-state index in [9.17, 15) is 0 Å². The topological polar surface area (TPSA) is 3.24 Å². The van der Waals surface area contributed by atoms with Crippen molar-refractivity contribution in [1.29, 1.82) is 0 Å². The smallest absolute Gasteiger partial charge is 0.0462 e. The zero-order chi connectivity index (χ0) is 36.8. The van der Waals surface area contributed by atoms with Gasteiger partial charge < -0.3 is 4.90 Å². The first-order valence-electron chi connectivity index (χ1n) is 19.2. The molecule has 262 valence electrons. The van der Waals surface area contributed by atoms with Crippen LogP contribution in [0.3, 0.4) is 0 Å². The molecule has 0 bridgehead atoms. The summed E-state index contributed by atoms with van der Waals surface area (Å²) < 4.78 is 0. The molecule has 0 N–H and O–H groups in total. The number of anilines is 3. The Balaban J connectivity index is 1.07. The molecule has 54 heavy (non-hydrogen) atoms. The molecule has 0 saturated heterocycles. The predicted molar refractivity (Wildman–Crippen MR) is 231 cm³/mol. The zero-order valence-corrected chi connectivity index (χ0v) is 31.6. The van der Waals surface area contributed by atoms with Gasteiger partial charge in [0.15, 0.2) is 0 Å². The van der Waals surface area contributed by atoms with Crippen LogP contribution in [0.4, 0.5) is 17.1 Å². The highest BCUT2D eigenvalue weighted by Gasteiger charge is 2.35. The highest BCUT2D eigenvalue weighted by Crippen LogP contribution is 2.49. The fourth-order valence-corrected chi connectivity index (χ4v) is 8.57. The number of fused-ring (bicyclic) bond motifs is 3. The van der Waals surface area contributed by atoms with Gasteiger partial charge in [0.1, 0.15) is 0 Å². The van der Waals surface area contributed by atoms with Gasteiger partial charge in [-0.15, -0.1) is 0 Å². The standard InChI is InChI=1S/C53H45N/c1-36-12-8-9-15-47(36)50-34-42(19-18-37(50)2)40-22-29-45(30-23-40)54(44-27-20-39(21-28-44)38-13-6-5-7-14-38)46-31-24-41(25-32-46)43-26-33-49-48-16-10-11-17-51(48)53(3,4)52(49)35-43/h5-6,8-13,15-35H,7,14H2,1-4H3. The highest BCUT2D eigenvalue weighted by atomic mass is 15.1. The quantitative estimate of drug-likeness (QED) is 0.160. The SMILES string of the molecule is Cc1ccccc1-c1cc(-c2ccc(N(c3ccc(C4=CC=CCC4)cc3)c3ccc(-c4ccc5c(c4)C(C)(C)c4ccccc4-5)cc3)cc2)ccc1C. The third kappa shape index (κ3) is 6.00. The molecule has 2 aliphatic rings. The Bertz CT molecular complexity index is 2560. The van der Waals surface area contributed by atoms with Crippen molar-refractivity contribution in [3.05, 3.63) is 204 Å². The van der Waals surface area contributed by atoms with Crippen LogP contribution in [-0.2, 0) is 5.41 Å². The molecule has 0 radical (unpaired) electrons. The van der Waals surface area contributed by atoms with Crippen molar-refractivity contribution in [2.45, 2.75) is 46.0 Å². The summed E-state index contributed by atoms with van der Waals surface area (Å²) in [6.45, 7) is 9.10. The van der Waals surface area contributed by atoms with Crippen molar-refractivity contribution in [2.75, 3.05) is 4.90 Å². The molecule has 1 nitrogen and oxygen atoms in total. The lowest BCUT2D eigenvalue weighted by Gasteiger charge is -2.26. The summed E-state index contributed by atoms with van der Waals surface area (Å²) >= 11 is 0. The van der Waals surface area contributed by atoms with E-state index in [-0.39, 0.29) is 5.41 Å². The van der Waals surface area contributed by atoms with Gasteiger partial charge in [-0.1, -0.05) is 141 Å². The minimum absolute atomic E-state index is 0.0262. The van der Waals surface area contributed by atoms with E-state index in [1.807, 2.05) is 0 Å². The molecule has 0 heterocycles. The third-order valence-electron chi connectivity index (χ3n) is 11.7. The Labute approximate surface area is 320 Å². The second kappa shape index (κ2) is 13.7. The average Bonchev–Trinajstić information content (AvgIpc) is 3.45. The molecule has 7 aromatic carbocycles. The third-order valence-corrected chi connectivity index (χ3v) is 11.7. The molecular weight excluding hydrogens is 651 g/mol. The number of hydrogen-bond donors (Lipinski definition) is 0. The van der Waals surface area contributed by atoms with E-state index < -0.39 is 0 Å². The maximum absolute atomic E-state index is 2.41. The van der Waals surface area contributed by atoms with E-state index in [1.54, 1.807) is 0 Å². The zero-order valence-electron chi connectivity index (χ0n) is 31.6. The summed E-state index contributed by atoms with van der Waals surface area (Å²) in [6, 6.07) is 58.6. The van der Waals surface area contributed by atoms with Crippen LogP contribution in [0.1, 0.15) is 54.5 Å². The molecule has 0 spiro atoms. The van der Waals surface area contributed by atoms with Gasteiger partial charge >= 0.3 is 0 Å². The van der Waals surface area contributed by atoms with Gasteiger partial charge in [-0.2, -0.15) is 0 Å². The fourth-order valence-electron chi connectivity index (χ4n) is 8.57. The minimum atomic E-state index is -0.0262. The van der Waals surface area contributed by atoms with Gasteiger partial charge in [-0.3, -0.25) is 0 Å². The molecule has 0 amide bonds. The number of rotatable bonds is 7. The molecule has 0 fully saturated rings. The Kier molecular flexibility index (Phi) is 8.51. The van der Waals surface area contributed by atoms with Crippen LogP contribution in [0.2, 0.25) is 0 Å². The van der Waals surface area contributed by atoms with E-state index in [4.69, 9.17) is 0 Å². The second-order valence-corrected chi connectivity index (χ2v) is 15.4. The lowest BCUT2D eigenvalue weighted by Crippen LogP contribution is -2.14. The second-order valence-electron chi connectivity index (χ2n) is 15.4. The largest absolute Gasteiger partial charge is 0.311 e. The van der Waals surface area contributed by atoms with Crippen LogP contribution in [0.25, 0.3) is 50.1 Å². The van der Waals surface area contributed by atoms with Gasteiger partial charge in [0.2, 0.25) is 0 Å². The summed E-state index contributed by atoms with van der Waals surface area (Å²) in [7, 11) is 0. The maximum Gasteiger partial charge on any atom is 0.0462 e. The molecule has 0 aliphatic heterocycles.